The molecule has 0 atom stereocenters. The van der Waals surface area contributed by atoms with Crippen LogP contribution in [0.4, 0.5) is 17.3 Å². The number of carbonyl (C=O) groups is 1. The highest BCUT2D eigenvalue weighted by Gasteiger charge is 2.09. The van der Waals surface area contributed by atoms with E-state index in [9.17, 15) is 4.79 Å². The third kappa shape index (κ3) is 3.93. The highest BCUT2D eigenvalue weighted by Crippen LogP contribution is 2.32. The molecule has 3 aromatic carbocycles. The summed E-state index contributed by atoms with van der Waals surface area (Å²) < 4.78 is 10.7. The molecule has 0 saturated carbocycles. The SMILES string of the molecule is COC(=O)c1cccc(Nc2nccc(Oc3ccc(N)c4ccccc34)n2)c1. The molecular formula is C22H18N4O3. The van der Waals surface area contributed by atoms with Gasteiger partial charge in [-0.15, -0.1) is 0 Å². The lowest BCUT2D eigenvalue weighted by Crippen LogP contribution is -2.03. The minimum absolute atomic E-state index is 0.337. The van der Waals surface area contributed by atoms with E-state index in [0.717, 1.165) is 10.8 Å². The first-order valence-electron chi connectivity index (χ1n) is 8.87. The van der Waals surface area contributed by atoms with Crippen molar-refractivity contribution in [3.8, 4) is 11.6 Å². The molecule has 4 aromatic rings. The Bertz CT molecular complexity index is 1190. The van der Waals surface area contributed by atoms with E-state index in [0.29, 0.717) is 34.5 Å². The van der Waals surface area contributed by atoms with Crippen molar-refractivity contribution in [3.63, 3.8) is 0 Å². The van der Waals surface area contributed by atoms with E-state index in [1.807, 2.05) is 30.3 Å². The minimum atomic E-state index is -0.415. The van der Waals surface area contributed by atoms with Gasteiger partial charge in [-0.05, 0) is 30.3 Å². The van der Waals surface area contributed by atoms with Crippen LogP contribution in [0.15, 0.2) is 72.9 Å². The van der Waals surface area contributed by atoms with Crippen molar-refractivity contribution in [2.24, 2.45) is 0 Å². The molecule has 0 spiro atoms. The normalized spacial score (nSPS) is 10.5. The van der Waals surface area contributed by atoms with Gasteiger partial charge in [0.25, 0.3) is 0 Å². The van der Waals surface area contributed by atoms with Gasteiger partial charge in [0, 0.05) is 34.4 Å². The summed E-state index contributed by atoms with van der Waals surface area (Å²) in [6, 6.07) is 19.9. The molecule has 0 saturated heterocycles. The highest BCUT2D eigenvalue weighted by molar-refractivity contribution is 5.97. The van der Waals surface area contributed by atoms with Crippen LogP contribution in [0, 0.1) is 0 Å². The largest absolute Gasteiger partial charge is 0.465 e. The zero-order valence-corrected chi connectivity index (χ0v) is 15.6. The molecule has 1 aromatic heterocycles. The van der Waals surface area contributed by atoms with Gasteiger partial charge in [-0.1, -0.05) is 30.3 Å². The second-order valence-electron chi connectivity index (χ2n) is 6.22. The van der Waals surface area contributed by atoms with Crippen LogP contribution >= 0.6 is 0 Å². The monoisotopic (exact) mass is 386 g/mol. The average molecular weight is 386 g/mol. The Morgan fingerprint density at radius 1 is 1.00 bits per heavy atom. The summed E-state index contributed by atoms with van der Waals surface area (Å²) in [5.41, 5.74) is 7.82. The number of methoxy groups -OCH3 is 1. The van der Waals surface area contributed by atoms with Gasteiger partial charge in [0.05, 0.1) is 12.7 Å². The number of hydrogen-bond acceptors (Lipinski definition) is 7. The van der Waals surface area contributed by atoms with Gasteiger partial charge in [-0.25, -0.2) is 9.78 Å². The number of nitrogens with zero attached hydrogens (tertiary/aromatic N) is 2. The second kappa shape index (κ2) is 7.85. The maximum atomic E-state index is 11.7. The molecule has 0 bridgehead atoms. The molecule has 0 unspecified atom stereocenters. The Balaban J connectivity index is 1.59. The van der Waals surface area contributed by atoms with E-state index in [4.69, 9.17) is 15.2 Å². The van der Waals surface area contributed by atoms with Crippen LogP contribution in [0.3, 0.4) is 0 Å². The Morgan fingerprint density at radius 2 is 1.83 bits per heavy atom. The quantitative estimate of drug-likeness (QED) is 0.384. The third-order valence-corrected chi connectivity index (χ3v) is 4.30. The Morgan fingerprint density at radius 3 is 2.66 bits per heavy atom. The number of carbonyl (C=O) groups excluding carboxylic acids is 1. The van der Waals surface area contributed by atoms with Crippen LogP contribution in [0.5, 0.6) is 11.6 Å². The molecule has 0 fully saturated rings. The molecule has 4 rings (SSSR count). The molecule has 7 heteroatoms. The predicted molar refractivity (Wildman–Crippen MR) is 112 cm³/mol. The van der Waals surface area contributed by atoms with Gasteiger partial charge >= 0.3 is 5.97 Å². The summed E-state index contributed by atoms with van der Waals surface area (Å²) >= 11 is 0. The number of esters is 1. The number of anilines is 3. The van der Waals surface area contributed by atoms with Gasteiger partial charge in [0.15, 0.2) is 0 Å². The van der Waals surface area contributed by atoms with Crippen molar-refractivity contribution in [2.45, 2.75) is 0 Å². The number of benzene rings is 3. The summed E-state index contributed by atoms with van der Waals surface area (Å²) in [7, 11) is 1.34. The Hall–Kier alpha value is -4.13. The van der Waals surface area contributed by atoms with Crippen LogP contribution in [0.1, 0.15) is 10.4 Å². The summed E-state index contributed by atoms with van der Waals surface area (Å²) in [6.07, 6.45) is 1.59. The molecule has 29 heavy (non-hydrogen) atoms. The number of nitrogen functional groups attached to an aromatic ring is 1. The fraction of sp³-hybridized carbons (Fsp3) is 0.0455. The number of rotatable bonds is 5. The maximum absolute atomic E-state index is 11.7. The van der Waals surface area contributed by atoms with Crippen LogP contribution in [-0.4, -0.2) is 23.0 Å². The lowest BCUT2D eigenvalue weighted by Gasteiger charge is -2.11. The van der Waals surface area contributed by atoms with Crippen molar-refractivity contribution >= 4 is 34.1 Å². The van der Waals surface area contributed by atoms with Crippen molar-refractivity contribution in [2.75, 3.05) is 18.2 Å². The third-order valence-electron chi connectivity index (χ3n) is 4.30. The van der Waals surface area contributed by atoms with Gasteiger partial charge in [0.2, 0.25) is 11.8 Å². The summed E-state index contributed by atoms with van der Waals surface area (Å²) in [5, 5.41) is 4.87. The number of ether oxygens (including phenoxy) is 2. The molecule has 0 radical (unpaired) electrons. The summed E-state index contributed by atoms with van der Waals surface area (Å²) in [4.78, 5) is 20.3. The van der Waals surface area contributed by atoms with Gasteiger partial charge in [0.1, 0.15) is 5.75 Å². The standard InChI is InChI=1S/C22H18N4O3/c1-28-21(27)14-5-4-6-15(13-14)25-22-24-12-11-20(26-22)29-19-10-9-18(23)16-7-2-3-8-17(16)19/h2-13H,23H2,1H3,(H,24,25,26). The molecule has 0 amide bonds. The summed E-state index contributed by atoms with van der Waals surface area (Å²) in [6.45, 7) is 0. The number of nitrogens with two attached hydrogens (primary N) is 1. The molecule has 0 aliphatic carbocycles. The minimum Gasteiger partial charge on any atom is -0.465 e. The first-order chi connectivity index (χ1) is 14.1. The van der Waals surface area contributed by atoms with Crippen molar-refractivity contribution < 1.29 is 14.3 Å². The van der Waals surface area contributed by atoms with E-state index < -0.39 is 5.97 Å². The lowest BCUT2D eigenvalue weighted by molar-refractivity contribution is 0.0601. The smallest absolute Gasteiger partial charge is 0.337 e. The zero-order valence-electron chi connectivity index (χ0n) is 15.6. The van der Waals surface area contributed by atoms with Crippen LogP contribution < -0.4 is 15.8 Å². The van der Waals surface area contributed by atoms with E-state index in [-0.39, 0.29) is 0 Å². The lowest BCUT2D eigenvalue weighted by atomic mass is 10.1. The molecule has 0 aliphatic heterocycles. The number of fused-ring (bicyclic) bond motifs is 1. The first kappa shape index (κ1) is 18.2. The van der Waals surface area contributed by atoms with Crippen LogP contribution in [0.25, 0.3) is 10.8 Å². The van der Waals surface area contributed by atoms with Gasteiger partial charge in [-0.2, -0.15) is 4.98 Å². The molecule has 3 N–H and O–H groups in total. The second-order valence-corrected chi connectivity index (χ2v) is 6.22. The van der Waals surface area contributed by atoms with Crippen LogP contribution in [-0.2, 0) is 4.74 Å². The fourth-order valence-electron chi connectivity index (χ4n) is 2.93. The Labute approximate surface area is 167 Å². The van der Waals surface area contributed by atoms with E-state index in [1.54, 1.807) is 42.6 Å². The zero-order chi connectivity index (χ0) is 20.2. The Kier molecular flexibility index (Phi) is 4.94. The average Bonchev–Trinajstić information content (AvgIpc) is 2.76. The predicted octanol–water partition coefficient (Wildman–Crippen LogP) is 4.53. The molecule has 7 nitrogen and oxygen atoms in total. The summed E-state index contributed by atoms with van der Waals surface area (Å²) in [5.74, 6) is 0.944. The van der Waals surface area contributed by atoms with Crippen LogP contribution in [0.2, 0.25) is 0 Å². The van der Waals surface area contributed by atoms with Gasteiger partial charge in [-0.3, -0.25) is 0 Å². The number of aromatic nitrogens is 2. The first-order valence-corrected chi connectivity index (χ1v) is 8.87. The van der Waals surface area contributed by atoms with Crippen molar-refractivity contribution in [1.29, 1.82) is 0 Å². The molecule has 144 valence electrons. The van der Waals surface area contributed by atoms with Crippen molar-refractivity contribution in [3.05, 3.63) is 78.5 Å². The van der Waals surface area contributed by atoms with Crippen molar-refractivity contribution in [1.82, 2.24) is 9.97 Å². The number of hydrogen-bond donors (Lipinski definition) is 2. The van der Waals surface area contributed by atoms with E-state index >= 15 is 0 Å². The molecule has 1 heterocycles. The van der Waals surface area contributed by atoms with E-state index in [1.165, 1.54) is 7.11 Å². The number of nitrogens with one attached hydrogen (secondary N) is 1. The highest BCUT2D eigenvalue weighted by atomic mass is 16.5. The maximum Gasteiger partial charge on any atom is 0.337 e. The van der Waals surface area contributed by atoms with Gasteiger partial charge < -0.3 is 20.5 Å². The fourth-order valence-corrected chi connectivity index (χ4v) is 2.93. The molecular weight excluding hydrogens is 368 g/mol. The van der Waals surface area contributed by atoms with E-state index in [2.05, 4.69) is 15.3 Å². The topological polar surface area (TPSA) is 99.4 Å². The molecule has 0 aliphatic rings.